The summed E-state index contributed by atoms with van der Waals surface area (Å²) >= 11 is 0. The van der Waals surface area contributed by atoms with Gasteiger partial charge in [0.1, 0.15) is 5.82 Å². The third-order valence-electron chi connectivity index (χ3n) is 3.17. The monoisotopic (exact) mass is 253 g/mol. The number of Topliss-reactive ketones (excluding diaryl/α,β-unsaturated/α-hetero) is 1. The van der Waals surface area contributed by atoms with Crippen molar-refractivity contribution in [1.82, 2.24) is 0 Å². The van der Waals surface area contributed by atoms with Crippen LogP contribution in [0.15, 0.2) is 18.2 Å². The van der Waals surface area contributed by atoms with E-state index in [2.05, 4.69) is 5.32 Å². The third-order valence-corrected chi connectivity index (χ3v) is 3.17. The van der Waals surface area contributed by atoms with Gasteiger partial charge in [-0.1, -0.05) is 6.07 Å². The highest BCUT2D eigenvalue weighted by Crippen LogP contribution is 2.28. The molecule has 2 N–H and O–H groups in total. The average Bonchev–Trinajstić information content (AvgIpc) is 2.27. The Hall–Kier alpha value is -1.46. The summed E-state index contributed by atoms with van der Waals surface area (Å²) in [6, 6.07) is 4.47. The fraction of sp³-hybridized carbons (Fsp3) is 0.462. The molecule has 98 valence electrons. The summed E-state index contributed by atoms with van der Waals surface area (Å²) < 4.78 is 18.6. The van der Waals surface area contributed by atoms with E-state index in [4.69, 9.17) is 4.74 Å². The molecule has 0 bridgehead atoms. The molecule has 0 aromatic heterocycles. The van der Waals surface area contributed by atoms with Crippen molar-refractivity contribution in [3.63, 3.8) is 0 Å². The van der Waals surface area contributed by atoms with Gasteiger partial charge in [0.2, 0.25) is 0 Å². The van der Waals surface area contributed by atoms with Crippen molar-refractivity contribution >= 4 is 11.5 Å². The number of ketones is 1. The lowest BCUT2D eigenvalue weighted by Gasteiger charge is -2.40. The summed E-state index contributed by atoms with van der Waals surface area (Å²) in [5.41, 5.74) is 0.202. The molecule has 18 heavy (non-hydrogen) atoms. The van der Waals surface area contributed by atoms with Crippen LogP contribution in [0.5, 0.6) is 0 Å². The van der Waals surface area contributed by atoms with E-state index in [1.54, 1.807) is 12.1 Å². The van der Waals surface area contributed by atoms with E-state index in [-0.39, 0.29) is 23.4 Å². The Labute approximate surface area is 105 Å². The average molecular weight is 253 g/mol. The van der Waals surface area contributed by atoms with Crippen molar-refractivity contribution in [2.75, 3.05) is 31.7 Å². The van der Waals surface area contributed by atoms with Crippen LogP contribution in [0.25, 0.3) is 0 Å². The first-order valence-electron chi connectivity index (χ1n) is 5.80. The van der Waals surface area contributed by atoms with Crippen LogP contribution < -0.4 is 5.32 Å². The lowest BCUT2D eigenvalue weighted by atomic mass is 9.87. The largest absolute Gasteiger partial charge is 0.396 e. The molecule has 0 amide bonds. The lowest BCUT2D eigenvalue weighted by molar-refractivity contribution is -0.128. The van der Waals surface area contributed by atoms with Gasteiger partial charge in [-0.2, -0.15) is 0 Å². The van der Waals surface area contributed by atoms with E-state index in [1.807, 2.05) is 0 Å². The molecule has 1 fully saturated rings. The van der Waals surface area contributed by atoms with Crippen LogP contribution in [-0.4, -0.2) is 37.3 Å². The lowest BCUT2D eigenvalue weighted by Crippen LogP contribution is -2.50. The highest BCUT2D eigenvalue weighted by atomic mass is 19.1. The highest BCUT2D eigenvalue weighted by Gasteiger charge is 2.38. The molecule has 1 aromatic carbocycles. The molecule has 2 rings (SSSR count). The molecule has 0 unspecified atom stereocenters. The van der Waals surface area contributed by atoms with Gasteiger partial charge in [-0.25, -0.2) is 4.39 Å². The minimum absolute atomic E-state index is 0.00468. The van der Waals surface area contributed by atoms with Gasteiger partial charge >= 0.3 is 0 Å². The Kier molecular flexibility index (Phi) is 3.63. The molecular weight excluding hydrogens is 237 g/mol. The molecule has 0 radical (unpaired) electrons. The van der Waals surface area contributed by atoms with Gasteiger partial charge in [-0.15, -0.1) is 0 Å². The number of hydrogen-bond donors (Lipinski definition) is 2. The van der Waals surface area contributed by atoms with Crippen LogP contribution in [0.4, 0.5) is 10.1 Å². The number of carbonyl (C=O) groups excluding carboxylic acids is 1. The number of carbonyl (C=O) groups is 1. The van der Waals surface area contributed by atoms with Crippen LogP contribution in [0.2, 0.25) is 0 Å². The molecule has 0 saturated carbocycles. The summed E-state index contributed by atoms with van der Waals surface area (Å²) in [6.07, 6.45) is 0. The van der Waals surface area contributed by atoms with E-state index in [0.717, 1.165) is 0 Å². The Morgan fingerprint density at radius 3 is 2.78 bits per heavy atom. The smallest absolute Gasteiger partial charge is 0.164 e. The predicted molar refractivity (Wildman–Crippen MR) is 65.2 cm³/mol. The zero-order chi connectivity index (χ0) is 13.2. The predicted octanol–water partition coefficient (Wildman–Crippen LogP) is 1.45. The van der Waals surface area contributed by atoms with Gasteiger partial charge in [-0.3, -0.25) is 4.79 Å². The summed E-state index contributed by atoms with van der Waals surface area (Å²) in [5, 5.41) is 12.3. The molecule has 1 heterocycles. The molecule has 1 aliphatic heterocycles. The standard InChI is InChI=1S/C13H16FNO3/c1-9(17)12-10(14)3-2-4-11(12)15-5-13(6-16)7-18-8-13/h2-4,15-16H,5-8H2,1H3. The number of ether oxygens (including phenoxy) is 1. The second-order valence-electron chi connectivity index (χ2n) is 4.72. The summed E-state index contributed by atoms with van der Waals surface area (Å²) in [6.45, 7) is 2.73. The Bertz CT molecular complexity index is 452. The Morgan fingerprint density at radius 2 is 2.28 bits per heavy atom. The normalized spacial score (nSPS) is 17.1. The van der Waals surface area contributed by atoms with Crippen molar-refractivity contribution in [2.24, 2.45) is 5.41 Å². The highest BCUT2D eigenvalue weighted by molar-refractivity contribution is 5.99. The molecule has 0 aliphatic carbocycles. The van der Waals surface area contributed by atoms with Gasteiger partial charge in [0.05, 0.1) is 30.8 Å². The van der Waals surface area contributed by atoms with Crippen molar-refractivity contribution in [3.05, 3.63) is 29.6 Å². The Morgan fingerprint density at radius 1 is 1.56 bits per heavy atom. The van der Waals surface area contributed by atoms with Gasteiger partial charge in [0.15, 0.2) is 5.78 Å². The van der Waals surface area contributed by atoms with Crippen LogP contribution >= 0.6 is 0 Å². The SMILES string of the molecule is CC(=O)c1c(F)cccc1NCC1(CO)COC1. The second-order valence-corrected chi connectivity index (χ2v) is 4.72. The number of aliphatic hydroxyl groups excluding tert-OH is 1. The van der Waals surface area contributed by atoms with Gasteiger partial charge in [0.25, 0.3) is 0 Å². The third kappa shape index (κ3) is 2.37. The first-order valence-corrected chi connectivity index (χ1v) is 5.80. The molecular formula is C13H16FNO3. The van der Waals surface area contributed by atoms with Crippen molar-refractivity contribution in [2.45, 2.75) is 6.92 Å². The summed E-state index contributed by atoms with van der Waals surface area (Å²) in [4.78, 5) is 11.4. The number of halogens is 1. The van der Waals surface area contributed by atoms with Crippen LogP contribution in [-0.2, 0) is 4.74 Å². The number of aliphatic hydroxyl groups is 1. The zero-order valence-electron chi connectivity index (χ0n) is 10.2. The van der Waals surface area contributed by atoms with Gasteiger partial charge in [-0.05, 0) is 19.1 Å². The van der Waals surface area contributed by atoms with Crippen molar-refractivity contribution in [1.29, 1.82) is 0 Å². The quantitative estimate of drug-likeness (QED) is 0.780. The maximum absolute atomic E-state index is 13.6. The van der Waals surface area contributed by atoms with Crippen LogP contribution in [0, 0.1) is 11.2 Å². The fourth-order valence-electron chi connectivity index (χ4n) is 1.95. The van der Waals surface area contributed by atoms with Crippen molar-refractivity contribution < 1.29 is 19.0 Å². The van der Waals surface area contributed by atoms with E-state index in [9.17, 15) is 14.3 Å². The molecule has 5 heteroatoms. The number of benzene rings is 1. The number of nitrogens with one attached hydrogen (secondary N) is 1. The maximum atomic E-state index is 13.6. The van der Waals surface area contributed by atoms with Gasteiger partial charge in [0, 0.05) is 12.2 Å². The molecule has 0 atom stereocenters. The van der Waals surface area contributed by atoms with Gasteiger partial charge < -0.3 is 15.2 Å². The molecule has 4 nitrogen and oxygen atoms in total. The van der Waals surface area contributed by atoms with E-state index < -0.39 is 5.82 Å². The number of hydrogen-bond acceptors (Lipinski definition) is 4. The van der Waals surface area contributed by atoms with Crippen LogP contribution in [0.1, 0.15) is 17.3 Å². The number of rotatable bonds is 5. The van der Waals surface area contributed by atoms with E-state index >= 15 is 0 Å². The minimum Gasteiger partial charge on any atom is -0.396 e. The summed E-state index contributed by atoms with van der Waals surface area (Å²) in [7, 11) is 0. The summed E-state index contributed by atoms with van der Waals surface area (Å²) in [5.74, 6) is -0.853. The molecule has 1 saturated heterocycles. The molecule has 1 aliphatic rings. The topological polar surface area (TPSA) is 58.6 Å². The van der Waals surface area contributed by atoms with E-state index in [1.165, 1.54) is 13.0 Å². The first kappa shape index (κ1) is 13.0. The van der Waals surface area contributed by atoms with Crippen molar-refractivity contribution in [3.8, 4) is 0 Å². The zero-order valence-corrected chi connectivity index (χ0v) is 10.2. The maximum Gasteiger partial charge on any atom is 0.164 e. The second kappa shape index (κ2) is 5.04. The first-order chi connectivity index (χ1) is 8.58. The minimum atomic E-state index is -0.532. The number of anilines is 1. The molecule has 0 spiro atoms. The molecule has 1 aromatic rings. The van der Waals surface area contributed by atoms with Crippen LogP contribution in [0.3, 0.4) is 0 Å². The van der Waals surface area contributed by atoms with E-state index in [0.29, 0.717) is 25.4 Å². The fourth-order valence-corrected chi connectivity index (χ4v) is 1.95. The Balaban J connectivity index is 2.14.